The Kier molecular flexibility index (Phi) is 5.65. The second-order valence-electron chi connectivity index (χ2n) is 14.1. The molecule has 7 aromatic rings. The maximum Gasteiger partial charge on any atom is 0.397 e. The summed E-state index contributed by atoms with van der Waals surface area (Å²) in [5.74, 6) is -4.40. The van der Waals surface area contributed by atoms with Gasteiger partial charge in [0.2, 0.25) is 0 Å². The van der Waals surface area contributed by atoms with E-state index in [0.29, 0.717) is 27.2 Å². The summed E-state index contributed by atoms with van der Waals surface area (Å²) >= 11 is 0. The number of alkyl halides is 4. The average Bonchev–Trinajstić information content (AvgIpc) is 3.48. The second kappa shape index (κ2) is 9.60. The molecule has 4 heterocycles. The highest BCUT2D eigenvalue weighted by Crippen LogP contribution is 2.59. The summed E-state index contributed by atoms with van der Waals surface area (Å²) in [6.45, 7) is 7.58. The Labute approximate surface area is 287 Å². The lowest BCUT2D eigenvalue weighted by molar-refractivity contribution is -0.200. The Balaban J connectivity index is 1.39. The van der Waals surface area contributed by atoms with Crippen molar-refractivity contribution in [2.24, 2.45) is 0 Å². The lowest BCUT2D eigenvalue weighted by Gasteiger charge is -2.41. The van der Waals surface area contributed by atoms with Crippen LogP contribution in [0, 0.1) is 27.7 Å². The van der Waals surface area contributed by atoms with Crippen LogP contribution in [-0.4, -0.2) is 17.3 Å². The van der Waals surface area contributed by atoms with E-state index in [1.54, 1.807) is 12.1 Å². The number of nitrogens with zero attached hydrogens (tertiary/aromatic N) is 3. The van der Waals surface area contributed by atoms with Crippen LogP contribution in [0.15, 0.2) is 109 Å². The third kappa shape index (κ3) is 3.61. The lowest BCUT2D eigenvalue weighted by Crippen LogP contribution is -2.62. The molecule has 0 bridgehead atoms. The summed E-state index contributed by atoms with van der Waals surface area (Å²) in [4.78, 5) is 2.66. The van der Waals surface area contributed by atoms with Gasteiger partial charge in [-0.05, 0) is 98.7 Å². The summed E-state index contributed by atoms with van der Waals surface area (Å²) < 4.78 is 67.2. The van der Waals surface area contributed by atoms with Gasteiger partial charge in [0.05, 0.1) is 22.5 Å². The molecule has 3 nitrogen and oxygen atoms in total. The fraction of sp³-hybridized carbons (Fsp3) is 0.143. The largest absolute Gasteiger partial charge is 0.397 e. The molecule has 0 saturated carbocycles. The Bertz CT molecular complexity index is 2560. The van der Waals surface area contributed by atoms with Crippen molar-refractivity contribution >= 4 is 73.3 Å². The first kappa shape index (κ1) is 29.4. The highest BCUT2D eigenvalue weighted by molar-refractivity contribution is 7.00. The summed E-state index contributed by atoms with van der Waals surface area (Å²) in [5.41, 5.74) is 10.5. The van der Waals surface area contributed by atoms with Crippen molar-refractivity contribution < 1.29 is 17.6 Å². The molecule has 0 fully saturated rings. The Hall–Kier alpha value is -5.50. The zero-order valence-electron chi connectivity index (χ0n) is 27.8. The fourth-order valence-electron chi connectivity index (χ4n) is 8.64. The van der Waals surface area contributed by atoms with Gasteiger partial charge in [0, 0.05) is 39.0 Å². The molecule has 8 heteroatoms. The molecule has 50 heavy (non-hydrogen) atoms. The minimum absolute atomic E-state index is 0.0862. The first-order chi connectivity index (χ1) is 24.0. The molecule has 0 spiro atoms. The van der Waals surface area contributed by atoms with Gasteiger partial charge in [0.25, 0.3) is 6.71 Å². The molecular weight excluding hydrogens is 633 g/mol. The molecular formula is C42H30BF4N3. The van der Waals surface area contributed by atoms with Crippen LogP contribution in [0.25, 0.3) is 27.5 Å². The number of anilines is 5. The van der Waals surface area contributed by atoms with Crippen molar-refractivity contribution in [1.82, 2.24) is 4.57 Å². The van der Waals surface area contributed by atoms with Crippen molar-refractivity contribution in [2.75, 3.05) is 9.80 Å². The second-order valence-corrected chi connectivity index (χ2v) is 14.1. The zero-order valence-corrected chi connectivity index (χ0v) is 27.8. The van der Waals surface area contributed by atoms with E-state index >= 15 is 17.6 Å². The fourth-order valence-corrected chi connectivity index (χ4v) is 8.64. The molecule has 1 aromatic heterocycles. The van der Waals surface area contributed by atoms with Crippen LogP contribution < -0.4 is 26.2 Å². The third-order valence-corrected chi connectivity index (χ3v) is 10.8. The third-order valence-electron chi connectivity index (χ3n) is 10.8. The van der Waals surface area contributed by atoms with Crippen LogP contribution in [-0.2, 0) is 5.92 Å². The first-order valence-electron chi connectivity index (χ1n) is 16.8. The van der Waals surface area contributed by atoms with E-state index in [2.05, 4.69) is 41.8 Å². The molecule has 3 aliphatic heterocycles. The smallest absolute Gasteiger partial charge is 0.310 e. The number of benzene rings is 6. The van der Waals surface area contributed by atoms with Gasteiger partial charge in [0.1, 0.15) is 0 Å². The van der Waals surface area contributed by atoms with Crippen molar-refractivity contribution in [3.8, 4) is 5.69 Å². The highest BCUT2D eigenvalue weighted by atomic mass is 19.3. The molecule has 0 amide bonds. The topological polar surface area (TPSA) is 11.4 Å². The van der Waals surface area contributed by atoms with E-state index in [-0.39, 0.29) is 11.4 Å². The zero-order chi connectivity index (χ0) is 34.4. The van der Waals surface area contributed by atoms with Crippen molar-refractivity contribution in [1.29, 1.82) is 0 Å². The van der Waals surface area contributed by atoms with Gasteiger partial charge in [-0.3, -0.25) is 4.90 Å². The molecule has 0 radical (unpaired) electrons. The standard InChI is InChI=1S/C42H30BF4N3/c1-23-8-13-27(14-9-23)48(28-15-10-24(2)11-16-28)29-21-36-38-37(22-29)50-40-32(41(44,45)42(50,46)47)6-5-7-33(40)43(38)34-20-26(4)19-31-30-18-25(3)12-17-35(30)49(36)39(31)34/h5-22H,1-4H3. The van der Waals surface area contributed by atoms with E-state index in [1.807, 2.05) is 80.3 Å². The van der Waals surface area contributed by atoms with Crippen LogP contribution in [0.4, 0.5) is 46.0 Å². The normalized spacial score (nSPS) is 15.8. The van der Waals surface area contributed by atoms with Gasteiger partial charge in [0.15, 0.2) is 0 Å². The molecule has 0 saturated heterocycles. The minimum atomic E-state index is -4.50. The van der Waals surface area contributed by atoms with Gasteiger partial charge < -0.3 is 9.47 Å². The minimum Gasteiger partial charge on any atom is -0.310 e. The summed E-state index contributed by atoms with van der Waals surface area (Å²) in [6.07, 6.45) is 0. The van der Waals surface area contributed by atoms with E-state index < -0.39 is 24.2 Å². The average molecular weight is 664 g/mol. The monoisotopic (exact) mass is 663 g/mol. The van der Waals surface area contributed by atoms with Crippen molar-refractivity contribution in [3.05, 3.63) is 137 Å². The van der Waals surface area contributed by atoms with E-state index in [1.165, 1.54) is 6.07 Å². The predicted octanol–water partition coefficient (Wildman–Crippen LogP) is 9.47. The van der Waals surface area contributed by atoms with Gasteiger partial charge in [-0.15, -0.1) is 0 Å². The maximum absolute atomic E-state index is 16.5. The van der Waals surface area contributed by atoms with Gasteiger partial charge in [-0.1, -0.05) is 76.9 Å². The number of halogens is 4. The van der Waals surface area contributed by atoms with Gasteiger partial charge >= 0.3 is 12.0 Å². The molecule has 3 aliphatic rings. The first-order valence-corrected chi connectivity index (χ1v) is 16.8. The van der Waals surface area contributed by atoms with Crippen LogP contribution in [0.3, 0.4) is 0 Å². The number of aryl methyl sites for hydroxylation is 4. The van der Waals surface area contributed by atoms with Gasteiger partial charge in [-0.25, -0.2) is 0 Å². The molecule has 0 atom stereocenters. The molecule has 0 unspecified atom stereocenters. The molecule has 0 aliphatic carbocycles. The number of aromatic nitrogens is 1. The van der Waals surface area contributed by atoms with Gasteiger partial charge in [-0.2, -0.15) is 17.6 Å². The number of fused-ring (bicyclic) bond motifs is 7. The number of hydrogen-bond donors (Lipinski definition) is 0. The van der Waals surface area contributed by atoms with Crippen LogP contribution in [0.2, 0.25) is 0 Å². The molecule has 6 aromatic carbocycles. The molecule has 0 N–H and O–H groups in total. The summed E-state index contributed by atoms with van der Waals surface area (Å²) in [5, 5.41) is 2.11. The quantitative estimate of drug-likeness (QED) is 0.106. The number of para-hydroxylation sites is 1. The number of hydrogen-bond acceptors (Lipinski definition) is 2. The molecule has 244 valence electrons. The summed E-state index contributed by atoms with van der Waals surface area (Å²) in [6, 6.07) is 30.2. The maximum atomic E-state index is 16.5. The van der Waals surface area contributed by atoms with E-state index in [9.17, 15) is 0 Å². The lowest BCUT2D eigenvalue weighted by atomic mass is 9.33. The van der Waals surface area contributed by atoms with Crippen LogP contribution in [0.1, 0.15) is 27.8 Å². The highest BCUT2D eigenvalue weighted by Gasteiger charge is 2.70. The van der Waals surface area contributed by atoms with Crippen LogP contribution in [0.5, 0.6) is 0 Å². The van der Waals surface area contributed by atoms with Crippen molar-refractivity contribution in [3.63, 3.8) is 0 Å². The number of rotatable bonds is 3. The summed E-state index contributed by atoms with van der Waals surface area (Å²) in [7, 11) is 0. The Morgan fingerprint density at radius 1 is 0.580 bits per heavy atom. The van der Waals surface area contributed by atoms with Crippen molar-refractivity contribution in [2.45, 2.75) is 39.7 Å². The Morgan fingerprint density at radius 2 is 1.20 bits per heavy atom. The van der Waals surface area contributed by atoms with E-state index in [0.717, 1.165) is 67.0 Å². The predicted molar refractivity (Wildman–Crippen MR) is 196 cm³/mol. The Morgan fingerprint density at radius 3 is 1.88 bits per heavy atom. The SMILES string of the molecule is Cc1ccc(N(c2ccc(C)cc2)c2cc3c4c(c2)-n2c5ccc(C)cc5c5cc(C)cc(c52)B4c2cccc4c2N3C(F)(F)C4(F)F)cc1. The van der Waals surface area contributed by atoms with E-state index in [4.69, 9.17) is 0 Å². The van der Waals surface area contributed by atoms with Crippen LogP contribution >= 0.6 is 0 Å². The molecule has 10 rings (SSSR count).